The van der Waals surface area contributed by atoms with Crippen LogP contribution in [0.25, 0.3) is 0 Å². The lowest BCUT2D eigenvalue weighted by atomic mass is 9.68. The number of fused-ring (bicyclic) bond motifs is 2. The van der Waals surface area contributed by atoms with Gasteiger partial charge in [-0.3, -0.25) is 0 Å². The van der Waals surface area contributed by atoms with Crippen molar-refractivity contribution in [3.8, 4) is 0 Å². The molecule has 0 saturated heterocycles. The van der Waals surface area contributed by atoms with Crippen molar-refractivity contribution in [1.82, 2.24) is 5.32 Å². The second kappa shape index (κ2) is 3.87. The number of carbonyl (C=O) groups is 1. The van der Waals surface area contributed by atoms with Gasteiger partial charge in [0.05, 0.1) is 11.6 Å². The molecule has 3 atom stereocenters. The zero-order valence-electron chi connectivity index (χ0n) is 13.0. The molecule has 19 heavy (non-hydrogen) atoms. The standard InChI is InChI=1S/C15H27NO3/c1-12(2,3)19-11(18)16-15-8-7-14(6,10(17)9-15)13(15,4)5/h10,17H,7-9H2,1-6H3,(H,16,18)/t10-,14+,15+/m1/s1. The van der Waals surface area contributed by atoms with Crippen LogP contribution in [0.2, 0.25) is 0 Å². The van der Waals surface area contributed by atoms with E-state index in [1.807, 2.05) is 20.8 Å². The highest BCUT2D eigenvalue weighted by Gasteiger charge is 2.70. The maximum absolute atomic E-state index is 12.1. The fraction of sp³-hybridized carbons (Fsp3) is 0.933. The summed E-state index contributed by atoms with van der Waals surface area (Å²) >= 11 is 0. The Labute approximate surface area is 115 Å². The summed E-state index contributed by atoms with van der Waals surface area (Å²) in [5, 5.41) is 13.4. The lowest BCUT2D eigenvalue weighted by Gasteiger charge is -2.41. The lowest BCUT2D eigenvalue weighted by Crippen LogP contribution is -2.55. The van der Waals surface area contributed by atoms with Gasteiger partial charge in [-0.2, -0.15) is 0 Å². The van der Waals surface area contributed by atoms with Crippen LogP contribution in [0.15, 0.2) is 0 Å². The highest BCUT2D eigenvalue weighted by molar-refractivity contribution is 5.69. The predicted molar refractivity (Wildman–Crippen MR) is 73.8 cm³/mol. The molecule has 2 aliphatic rings. The highest BCUT2D eigenvalue weighted by atomic mass is 16.6. The third-order valence-electron chi connectivity index (χ3n) is 5.71. The van der Waals surface area contributed by atoms with Crippen LogP contribution in [0.4, 0.5) is 4.79 Å². The van der Waals surface area contributed by atoms with Gasteiger partial charge in [0, 0.05) is 5.41 Å². The number of nitrogens with one attached hydrogen (secondary N) is 1. The molecule has 2 rings (SSSR count). The number of aliphatic hydroxyl groups excluding tert-OH is 1. The van der Waals surface area contributed by atoms with Gasteiger partial charge in [0.15, 0.2) is 0 Å². The largest absolute Gasteiger partial charge is 0.444 e. The Morgan fingerprint density at radius 3 is 2.21 bits per heavy atom. The van der Waals surface area contributed by atoms with Crippen LogP contribution >= 0.6 is 0 Å². The first-order valence-corrected chi connectivity index (χ1v) is 7.13. The maximum Gasteiger partial charge on any atom is 0.408 e. The molecule has 4 nitrogen and oxygen atoms in total. The van der Waals surface area contributed by atoms with Crippen molar-refractivity contribution >= 4 is 6.09 Å². The molecule has 110 valence electrons. The topological polar surface area (TPSA) is 58.6 Å². The Kier molecular flexibility index (Phi) is 2.98. The number of rotatable bonds is 1. The molecule has 1 amide bonds. The first-order chi connectivity index (χ1) is 8.44. The van der Waals surface area contributed by atoms with Crippen LogP contribution < -0.4 is 5.32 Å². The SMILES string of the molecule is CC(C)(C)OC(=O)N[C@@]12CC[C@@](C)([C@H](O)C1)C2(C)C. The minimum Gasteiger partial charge on any atom is -0.444 e. The van der Waals surface area contributed by atoms with Gasteiger partial charge in [0.1, 0.15) is 5.60 Å². The van der Waals surface area contributed by atoms with Crippen LogP contribution in [-0.4, -0.2) is 28.4 Å². The number of hydrogen-bond donors (Lipinski definition) is 2. The Morgan fingerprint density at radius 1 is 1.26 bits per heavy atom. The summed E-state index contributed by atoms with van der Waals surface area (Å²) in [5.74, 6) is 0. The van der Waals surface area contributed by atoms with Gasteiger partial charge in [-0.1, -0.05) is 20.8 Å². The molecule has 0 spiro atoms. The molecule has 0 radical (unpaired) electrons. The number of aliphatic hydroxyl groups is 1. The Morgan fingerprint density at radius 2 is 1.84 bits per heavy atom. The summed E-state index contributed by atoms with van der Waals surface area (Å²) < 4.78 is 5.37. The van der Waals surface area contributed by atoms with E-state index in [0.29, 0.717) is 6.42 Å². The third-order valence-corrected chi connectivity index (χ3v) is 5.71. The lowest BCUT2D eigenvalue weighted by molar-refractivity contribution is 0.0113. The van der Waals surface area contributed by atoms with Crippen LogP contribution in [-0.2, 0) is 4.74 Å². The van der Waals surface area contributed by atoms with Gasteiger partial charge >= 0.3 is 6.09 Å². The normalized spacial score (nSPS) is 40.3. The molecule has 0 heterocycles. The molecule has 2 fully saturated rings. The number of amides is 1. The fourth-order valence-electron chi connectivity index (χ4n) is 3.91. The first kappa shape index (κ1) is 14.6. The monoisotopic (exact) mass is 269 g/mol. The predicted octanol–water partition coefficient (Wildman–Crippen LogP) is 2.84. The van der Waals surface area contributed by atoms with Crippen LogP contribution in [0.1, 0.15) is 60.8 Å². The van der Waals surface area contributed by atoms with Gasteiger partial charge in [0.2, 0.25) is 0 Å². The number of carbonyl (C=O) groups excluding carboxylic acids is 1. The second-order valence-corrected chi connectivity index (χ2v) is 7.97. The van der Waals surface area contributed by atoms with E-state index in [-0.39, 0.29) is 28.6 Å². The summed E-state index contributed by atoms with van der Waals surface area (Å²) in [6.45, 7) is 12.0. The Bertz CT molecular complexity index is 399. The fourth-order valence-corrected chi connectivity index (χ4v) is 3.91. The molecule has 2 aliphatic carbocycles. The highest BCUT2D eigenvalue weighted by Crippen LogP contribution is 2.67. The Hall–Kier alpha value is -0.770. The van der Waals surface area contributed by atoms with Crippen LogP contribution in [0.5, 0.6) is 0 Å². The summed E-state index contributed by atoms with van der Waals surface area (Å²) in [5.41, 5.74) is -1.09. The van der Waals surface area contributed by atoms with Gasteiger partial charge in [-0.15, -0.1) is 0 Å². The van der Waals surface area contributed by atoms with Gasteiger partial charge in [-0.25, -0.2) is 4.79 Å². The van der Waals surface area contributed by atoms with E-state index in [9.17, 15) is 9.90 Å². The summed E-state index contributed by atoms with van der Waals surface area (Å²) in [6.07, 6.45) is 1.74. The minimum atomic E-state index is -0.496. The van der Waals surface area contributed by atoms with Crippen LogP contribution in [0.3, 0.4) is 0 Å². The second-order valence-electron chi connectivity index (χ2n) is 7.97. The average Bonchev–Trinajstić information content (AvgIpc) is 2.44. The molecule has 4 heteroatoms. The van der Waals surface area contributed by atoms with Gasteiger partial charge in [-0.05, 0) is 45.4 Å². The van der Waals surface area contributed by atoms with Crippen molar-refractivity contribution < 1.29 is 14.6 Å². The van der Waals surface area contributed by atoms with E-state index in [1.165, 1.54) is 0 Å². The molecule has 0 aromatic carbocycles. The average molecular weight is 269 g/mol. The van der Waals surface area contributed by atoms with Crippen molar-refractivity contribution in [3.05, 3.63) is 0 Å². The molecular formula is C15H27NO3. The first-order valence-electron chi connectivity index (χ1n) is 7.13. The molecule has 0 unspecified atom stereocenters. The maximum atomic E-state index is 12.1. The molecule has 0 aliphatic heterocycles. The zero-order valence-corrected chi connectivity index (χ0v) is 13.0. The summed E-state index contributed by atoms with van der Waals surface area (Å²) in [7, 11) is 0. The quantitative estimate of drug-likeness (QED) is 0.769. The third kappa shape index (κ3) is 1.95. The number of ether oxygens (including phenoxy) is 1. The van der Waals surface area contributed by atoms with Crippen molar-refractivity contribution in [2.75, 3.05) is 0 Å². The smallest absolute Gasteiger partial charge is 0.408 e. The number of alkyl carbamates (subject to hydrolysis) is 1. The van der Waals surface area contributed by atoms with E-state index < -0.39 is 5.60 Å². The molecular weight excluding hydrogens is 242 g/mol. The van der Waals surface area contributed by atoms with Crippen molar-refractivity contribution in [2.45, 2.75) is 78.0 Å². The Balaban J connectivity index is 2.19. The van der Waals surface area contributed by atoms with E-state index in [2.05, 4.69) is 26.1 Å². The van der Waals surface area contributed by atoms with Crippen molar-refractivity contribution in [1.29, 1.82) is 0 Å². The minimum absolute atomic E-state index is 0.123. The molecule has 2 bridgehead atoms. The summed E-state index contributed by atoms with van der Waals surface area (Å²) in [4.78, 5) is 12.1. The van der Waals surface area contributed by atoms with E-state index in [4.69, 9.17) is 4.74 Å². The van der Waals surface area contributed by atoms with Gasteiger partial charge in [0.25, 0.3) is 0 Å². The molecule has 2 N–H and O–H groups in total. The van der Waals surface area contributed by atoms with Crippen LogP contribution in [0, 0.1) is 10.8 Å². The van der Waals surface area contributed by atoms with Crippen molar-refractivity contribution in [3.63, 3.8) is 0 Å². The van der Waals surface area contributed by atoms with Gasteiger partial charge < -0.3 is 15.2 Å². The zero-order chi connectivity index (χ0) is 14.7. The number of hydrogen-bond acceptors (Lipinski definition) is 3. The summed E-state index contributed by atoms with van der Waals surface area (Å²) in [6, 6.07) is 0. The van der Waals surface area contributed by atoms with E-state index in [1.54, 1.807) is 0 Å². The van der Waals surface area contributed by atoms with E-state index in [0.717, 1.165) is 12.8 Å². The van der Waals surface area contributed by atoms with Crippen molar-refractivity contribution in [2.24, 2.45) is 10.8 Å². The molecule has 0 aromatic rings. The molecule has 2 saturated carbocycles. The van der Waals surface area contributed by atoms with E-state index >= 15 is 0 Å². The molecule has 0 aromatic heterocycles.